The third kappa shape index (κ3) is 4.26. The summed E-state index contributed by atoms with van der Waals surface area (Å²) in [6.45, 7) is 4.90. The highest BCUT2D eigenvalue weighted by Crippen LogP contribution is 2.14. The van der Waals surface area contributed by atoms with Gasteiger partial charge in [0.05, 0.1) is 6.54 Å². The topological polar surface area (TPSA) is 84.1 Å². The van der Waals surface area contributed by atoms with Gasteiger partial charge in [0, 0.05) is 19.7 Å². The molecule has 1 aromatic heterocycles. The van der Waals surface area contributed by atoms with Gasteiger partial charge in [-0.25, -0.2) is 9.97 Å². The number of carbonyl (C=O) groups excluding carboxylic acids is 1. The molecule has 0 spiro atoms. The van der Waals surface area contributed by atoms with Crippen LogP contribution in [0.4, 0.5) is 11.6 Å². The summed E-state index contributed by atoms with van der Waals surface area (Å²) in [5.74, 6) is 1.74. The van der Waals surface area contributed by atoms with Crippen molar-refractivity contribution < 1.29 is 4.79 Å². The minimum absolute atomic E-state index is 0.143. The van der Waals surface area contributed by atoms with E-state index in [0.29, 0.717) is 11.6 Å². The Bertz CT molecular complexity index is 393. The number of anilines is 2. The third-order valence-corrected chi connectivity index (χ3v) is 2.16. The molecule has 1 heterocycles. The molecule has 94 valence electrons. The van der Waals surface area contributed by atoms with E-state index in [1.165, 1.54) is 0 Å². The lowest BCUT2D eigenvalue weighted by Crippen LogP contribution is -2.31. The van der Waals surface area contributed by atoms with E-state index in [-0.39, 0.29) is 12.5 Å². The van der Waals surface area contributed by atoms with Crippen LogP contribution >= 0.6 is 0 Å². The molecule has 0 aliphatic rings. The van der Waals surface area contributed by atoms with Gasteiger partial charge in [-0.3, -0.25) is 4.79 Å². The third-order valence-electron chi connectivity index (χ3n) is 2.16. The minimum Gasteiger partial charge on any atom is -0.370 e. The molecule has 0 saturated heterocycles. The highest BCUT2D eigenvalue weighted by atomic mass is 16.1. The van der Waals surface area contributed by atoms with Gasteiger partial charge in [0.25, 0.3) is 0 Å². The number of rotatable bonds is 6. The minimum atomic E-state index is -0.383. The van der Waals surface area contributed by atoms with Gasteiger partial charge in [-0.2, -0.15) is 0 Å². The Kier molecular flexibility index (Phi) is 4.68. The standard InChI is InChI=1S/C11H19N5O/c1-4-5-13-10-6-11(15-8(2)14-10)16(3)7-9(12)17/h6H,4-5,7H2,1-3H3,(H2,12,17)(H,13,14,15). The fourth-order valence-electron chi connectivity index (χ4n) is 1.41. The Morgan fingerprint density at radius 2 is 2.24 bits per heavy atom. The van der Waals surface area contributed by atoms with Crippen LogP contribution in [-0.2, 0) is 4.79 Å². The first-order chi connectivity index (χ1) is 8.02. The van der Waals surface area contributed by atoms with Gasteiger partial charge in [-0.05, 0) is 13.3 Å². The summed E-state index contributed by atoms with van der Waals surface area (Å²) < 4.78 is 0. The molecule has 1 aromatic rings. The summed E-state index contributed by atoms with van der Waals surface area (Å²) in [6, 6.07) is 1.81. The number of nitrogens with two attached hydrogens (primary N) is 1. The molecule has 0 aliphatic carbocycles. The quantitative estimate of drug-likeness (QED) is 0.754. The molecule has 6 heteroatoms. The molecule has 0 aliphatic heterocycles. The van der Waals surface area contributed by atoms with Crippen LogP contribution in [0.1, 0.15) is 19.2 Å². The van der Waals surface area contributed by atoms with Gasteiger partial charge in [-0.15, -0.1) is 0 Å². The maximum absolute atomic E-state index is 10.8. The van der Waals surface area contributed by atoms with Crippen LogP contribution in [-0.4, -0.2) is 36.0 Å². The number of aromatic nitrogens is 2. The molecule has 1 rings (SSSR count). The van der Waals surface area contributed by atoms with Crippen molar-refractivity contribution in [1.29, 1.82) is 0 Å². The first kappa shape index (κ1) is 13.2. The van der Waals surface area contributed by atoms with Crippen molar-refractivity contribution in [3.63, 3.8) is 0 Å². The Morgan fingerprint density at radius 3 is 2.82 bits per heavy atom. The Morgan fingerprint density at radius 1 is 1.53 bits per heavy atom. The number of nitrogens with zero attached hydrogens (tertiary/aromatic N) is 3. The van der Waals surface area contributed by atoms with E-state index in [1.54, 1.807) is 11.9 Å². The van der Waals surface area contributed by atoms with Crippen LogP contribution in [0.25, 0.3) is 0 Å². The lowest BCUT2D eigenvalue weighted by atomic mass is 10.4. The molecule has 17 heavy (non-hydrogen) atoms. The average Bonchev–Trinajstić information content (AvgIpc) is 2.24. The fraction of sp³-hybridized carbons (Fsp3) is 0.545. The maximum Gasteiger partial charge on any atom is 0.236 e. The van der Waals surface area contributed by atoms with Crippen LogP contribution in [0.2, 0.25) is 0 Å². The lowest BCUT2D eigenvalue weighted by Gasteiger charge is -2.17. The summed E-state index contributed by atoms with van der Waals surface area (Å²) in [4.78, 5) is 21.1. The predicted octanol–water partition coefficient (Wildman–Crippen LogP) is 0.528. The van der Waals surface area contributed by atoms with Crippen LogP contribution in [0.5, 0.6) is 0 Å². The van der Waals surface area contributed by atoms with Gasteiger partial charge in [0.2, 0.25) is 5.91 Å². The smallest absolute Gasteiger partial charge is 0.236 e. The molecular weight excluding hydrogens is 218 g/mol. The largest absolute Gasteiger partial charge is 0.370 e. The highest BCUT2D eigenvalue weighted by molar-refractivity contribution is 5.79. The van der Waals surface area contributed by atoms with E-state index in [9.17, 15) is 4.79 Å². The molecular formula is C11H19N5O. The Hall–Kier alpha value is -1.85. The first-order valence-corrected chi connectivity index (χ1v) is 5.62. The SMILES string of the molecule is CCCNc1cc(N(C)CC(N)=O)nc(C)n1. The average molecular weight is 237 g/mol. The van der Waals surface area contributed by atoms with Crippen LogP contribution in [0.3, 0.4) is 0 Å². The first-order valence-electron chi connectivity index (χ1n) is 5.62. The number of amides is 1. The second kappa shape index (κ2) is 6.03. The number of aryl methyl sites for hydroxylation is 1. The molecule has 6 nitrogen and oxygen atoms in total. The molecule has 3 N–H and O–H groups in total. The molecule has 0 radical (unpaired) electrons. The number of nitrogens with one attached hydrogen (secondary N) is 1. The molecule has 0 saturated carbocycles. The van der Waals surface area contributed by atoms with Crippen LogP contribution < -0.4 is 16.0 Å². The van der Waals surface area contributed by atoms with Crippen molar-refractivity contribution in [2.45, 2.75) is 20.3 Å². The van der Waals surface area contributed by atoms with Gasteiger partial charge in [-0.1, -0.05) is 6.92 Å². The second-order valence-electron chi connectivity index (χ2n) is 3.91. The van der Waals surface area contributed by atoms with Gasteiger partial charge in [0.1, 0.15) is 17.5 Å². The van der Waals surface area contributed by atoms with E-state index in [0.717, 1.165) is 18.8 Å². The maximum atomic E-state index is 10.8. The molecule has 0 unspecified atom stereocenters. The highest BCUT2D eigenvalue weighted by Gasteiger charge is 2.08. The molecule has 1 amide bonds. The van der Waals surface area contributed by atoms with E-state index in [4.69, 9.17) is 5.73 Å². The van der Waals surface area contributed by atoms with Crippen molar-refractivity contribution in [3.05, 3.63) is 11.9 Å². The number of carbonyl (C=O) groups is 1. The molecule has 0 bridgehead atoms. The summed E-state index contributed by atoms with van der Waals surface area (Å²) in [7, 11) is 1.77. The van der Waals surface area contributed by atoms with E-state index >= 15 is 0 Å². The zero-order chi connectivity index (χ0) is 12.8. The lowest BCUT2D eigenvalue weighted by molar-refractivity contribution is -0.116. The van der Waals surface area contributed by atoms with Crippen molar-refractivity contribution in [1.82, 2.24) is 9.97 Å². The van der Waals surface area contributed by atoms with Gasteiger partial charge in [0.15, 0.2) is 0 Å². The fourth-order valence-corrected chi connectivity index (χ4v) is 1.41. The van der Waals surface area contributed by atoms with Crippen molar-refractivity contribution >= 4 is 17.5 Å². The molecule has 0 aromatic carbocycles. The van der Waals surface area contributed by atoms with E-state index in [2.05, 4.69) is 22.2 Å². The zero-order valence-corrected chi connectivity index (χ0v) is 10.5. The molecule has 0 fully saturated rings. The van der Waals surface area contributed by atoms with Gasteiger partial charge < -0.3 is 16.0 Å². The van der Waals surface area contributed by atoms with Crippen molar-refractivity contribution in [3.8, 4) is 0 Å². The number of likely N-dealkylation sites (N-methyl/N-ethyl adjacent to an activating group) is 1. The monoisotopic (exact) mass is 237 g/mol. The summed E-state index contributed by atoms with van der Waals surface area (Å²) in [5, 5.41) is 3.19. The van der Waals surface area contributed by atoms with E-state index in [1.807, 2.05) is 13.0 Å². The zero-order valence-electron chi connectivity index (χ0n) is 10.5. The summed E-state index contributed by atoms with van der Waals surface area (Å²) in [6.07, 6.45) is 1.02. The van der Waals surface area contributed by atoms with Crippen molar-refractivity contribution in [2.24, 2.45) is 5.73 Å². The van der Waals surface area contributed by atoms with Crippen LogP contribution in [0.15, 0.2) is 6.07 Å². The number of primary amides is 1. The predicted molar refractivity (Wildman–Crippen MR) is 68.0 cm³/mol. The van der Waals surface area contributed by atoms with Gasteiger partial charge >= 0.3 is 0 Å². The molecule has 0 atom stereocenters. The Labute approximate surface area is 101 Å². The summed E-state index contributed by atoms with van der Waals surface area (Å²) in [5.41, 5.74) is 5.15. The van der Waals surface area contributed by atoms with E-state index < -0.39 is 0 Å². The number of hydrogen-bond acceptors (Lipinski definition) is 5. The van der Waals surface area contributed by atoms with Crippen LogP contribution in [0, 0.1) is 6.92 Å². The van der Waals surface area contributed by atoms with Crippen molar-refractivity contribution in [2.75, 3.05) is 30.4 Å². The summed E-state index contributed by atoms with van der Waals surface area (Å²) >= 11 is 0. The normalized spacial score (nSPS) is 10.1. The number of hydrogen-bond donors (Lipinski definition) is 2. The second-order valence-corrected chi connectivity index (χ2v) is 3.91. The Balaban J connectivity index is 2.84.